The van der Waals surface area contributed by atoms with E-state index >= 15 is 0 Å². The van der Waals surface area contributed by atoms with Crippen LogP contribution in [0.25, 0.3) is 21.6 Å². The largest absolute Gasteiger partial charge is 0.328 e. The number of aryl methyl sites for hydroxylation is 2. The lowest BCUT2D eigenvalue weighted by molar-refractivity contribution is 0.102. The van der Waals surface area contributed by atoms with Crippen LogP contribution in [0.4, 0.5) is 10.1 Å². The summed E-state index contributed by atoms with van der Waals surface area (Å²) in [5, 5.41) is 4.81. The molecule has 2 heterocycles. The Balaban J connectivity index is 1.62. The first-order valence-electron chi connectivity index (χ1n) is 8.13. The minimum absolute atomic E-state index is 0.137. The number of halogens is 1. The molecule has 0 aliphatic rings. The van der Waals surface area contributed by atoms with Crippen LogP contribution in [0.3, 0.4) is 0 Å². The van der Waals surface area contributed by atoms with Gasteiger partial charge in [0, 0.05) is 30.7 Å². The molecule has 4 aromatic rings. The van der Waals surface area contributed by atoms with Crippen molar-refractivity contribution in [1.29, 1.82) is 0 Å². The summed E-state index contributed by atoms with van der Waals surface area (Å²) in [5.41, 5.74) is 2.47. The predicted octanol–water partition coefficient (Wildman–Crippen LogP) is 3.39. The van der Waals surface area contributed by atoms with Crippen LogP contribution in [-0.2, 0) is 14.1 Å². The zero-order valence-corrected chi connectivity index (χ0v) is 15.4. The SMILES string of the molecule is Cn1c(=O)n(C)c2cc(NC(=O)c3csc(-c4ccccc4F)n3)ccc21. The first-order valence-corrected chi connectivity index (χ1v) is 9.01. The highest BCUT2D eigenvalue weighted by Crippen LogP contribution is 2.26. The van der Waals surface area contributed by atoms with Crippen molar-refractivity contribution in [2.75, 3.05) is 5.32 Å². The Bertz CT molecular complexity index is 1240. The van der Waals surface area contributed by atoms with Crippen LogP contribution < -0.4 is 11.0 Å². The molecule has 0 aliphatic heterocycles. The number of rotatable bonds is 3. The fraction of sp³-hybridized carbons (Fsp3) is 0.105. The number of anilines is 1. The van der Waals surface area contributed by atoms with Crippen molar-refractivity contribution in [3.8, 4) is 10.6 Å². The Morgan fingerprint density at radius 3 is 2.63 bits per heavy atom. The number of hydrogen-bond acceptors (Lipinski definition) is 4. The van der Waals surface area contributed by atoms with E-state index in [1.165, 1.54) is 22.0 Å². The van der Waals surface area contributed by atoms with Gasteiger partial charge in [0.15, 0.2) is 0 Å². The van der Waals surface area contributed by atoms with Crippen LogP contribution >= 0.6 is 11.3 Å². The smallest absolute Gasteiger partial charge is 0.321 e. The molecule has 0 fully saturated rings. The van der Waals surface area contributed by atoms with E-state index in [-0.39, 0.29) is 17.2 Å². The van der Waals surface area contributed by atoms with Crippen LogP contribution in [0.5, 0.6) is 0 Å². The normalized spacial score (nSPS) is 11.1. The maximum atomic E-state index is 13.9. The number of fused-ring (bicyclic) bond motifs is 1. The van der Waals surface area contributed by atoms with Gasteiger partial charge in [-0.1, -0.05) is 12.1 Å². The molecular weight excluding hydrogens is 367 g/mol. The third kappa shape index (κ3) is 2.93. The number of carbonyl (C=O) groups is 1. The third-order valence-electron chi connectivity index (χ3n) is 4.37. The van der Waals surface area contributed by atoms with E-state index in [0.29, 0.717) is 21.8 Å². The molecule has 0 spiro atoms. The van der Waals surface area contributed by atoms with E-state index in [4.69, 9.17) is 0 Å². The minimum atomic E-state index is -0.394. The Morgan fingerprint density at radius 2 is 1.85 bits per heavy atom. The fourth-order valence-electron chi connectivity index (χ4n) is 2.92. The van der Waals surface area contributed by atoms with Gasteiger partial charge in [-0.15, -0.1) is 11.3 Å². The summed E-state index contributed by atoms with van der Waals surface area (Å²) in [4.78, 5) is 28.8. The molecule has 4 rings (SSSR count). The second kappa shape index (κ2) is 6.48. The molecule has 136 valence electrons. The summed E-state index contributed by atoms with van der Waals surface area (Å²) in [6, 6.07) is 11.5. The summed E-state index contributed by atoms with van der Waals surface area (Å²) < 4.78 is 17.0. The lowest BCUT2D eigenvalue weighted by atomic mass is 10.2. The van der Waals surface area contributed by atoms with Gasteiger partial charge in [0.25, 0.3) is 5.91 Å². The highest BCUT2D eigenvalue weighted by atomic mass is 32.1. The number of amides is 1. The molecule has 0 aliphatic carbocycles. The summed E-state index contributed by atoms with van der Waals surface area (Å²) in [6.45, 7) is 0. The molecule has 6 nitrogen and oxygen atoms in total. The first kappa shape index (κ1) is 17.2. The second-order valence-corrected chi connectivity index (χ2v) is 6.93. The quantitative estimate of drug-likeness (QED) is 0.591. The monoisotopic (exact) mass is 382 g/mol. The van der Waals surface area contributed by atoms with Gasteiger partial charge in [0.2, 0.25) is 0 Å². The van der Waals surface area contributed by atoms with E-state index < -0.39 is 5.91 Å². The van der Waals surface area contributed by atoms with Crippen molar-refractivity contribution in [2.24, 2.45) is 14.1 Å². The Labute approximate surface area is 157 Å². The minimum Gasteiger partial charge on any atom is -0.321 e. The Morgan fingerprint density at radius 1 is 1.11 bits per heavy atom. The number of hydrogen-bond donors (Lipinski definition) is 1. The molecule has 1 N–H and O–H groups in total. The molecule has 2 aromatic carbocycles. The number of thiazole rings is 1. The molecule has 0 saturated carbocycles. The Hall–Kier alpha value is -3.26. The van der Waals surface area contributed by atoms with Gasteiger partial charge in [0.1, 0.15) is 16.5 Å². The number of carbonyl (C=O) groups excluding carboxylic acids is 1. The van der Waals surface area contributed by atoms with Gasteiger partial charge in [-0.05, 0) is 30.3 Å². The van der Waals surface area contributed by atoms with Gasteiger partial charge in [0.05, 0.1) is 11.0 Å². The maximum Gasteiger partial charge on any atom is 0.328 e. The molecule has 0 bridgehead atoms. The number of nitrogens with zero attached hydrogens (tertiary/aromatic N) is 3. The van der Waals surface area contributed by atoms with Crippen molar-refractivity contribution in [2.45, 2.75) is 0 Å². The molecule has 8 heteroatoms. The zero-order valence-electron chi connectivity index (χ0n) is 14.6. The standard InChI is InChI=1S/C19H15FN4O2S/c1-23-15-8-7-11(9-16(15)24(2)19(23)26)21-17(25)14-10-27-18(22-14)12-5-3-4-6-13(12)20/h3-10H,1-2H3,(H,21,25). The Kier molecular flexibility index (Phi) is 4.12. The zero-order chi connectivity index (χ0) is 19.1. The van der Waals surface area contributed by atoms with Crippen LogP contribution in [0.15, 0.2) is 52.6 Å². The van der Waals surface area contributed by atoms with E-state index in [9.17, 15) is 14.0 Å². The highest BCUT2D eigenvalue weighted by molar-refractivity contribution is 7.13. The topological polar surface area (TPSA) is 68.9 Å². The van der Waals surface area contributed by atoms with E-state index in [2.05, 4.69) is 10.3 Å². The number of benzene rings is 2. The molecule has 1 amide bonds. The summed E-state index contributed by atoms with van der Waals surface area (Å²) in [5.74, 6) is -0.775. The van der Waals surface area contributed by atoms with E-state index in [0.717, 1.165) is 5.52 Å². The van der Waals surface area contributed by atoms with Crippen molar-refractivity contribution in [3.05, 3.63) is 69.8 Å². The predicted molar refractivity (Wildman–Crippen MR) is 104 cm³/mol. The molecule has 0 atom stereocenters. The van der Waals surface area contributed by atoms with Gasteiger partial charge in [-0.3, -0.25) is 13.9 Å². The number of aromatic nitrogens is 3. The van der Waals surface area contributed by atoms with Crippen LogP contribution in [0.1, 0.15) is 10.5 Å². The summed E-state index contributed by atoms with van der Waals surface area (Å²) in [7, 11) is 3.37. The van der Waals surface area contributed by atoms with Crippen LogP contribution in [-0.4, -0.2) is 20.0 Å². The fourth-order valence-corrected chi connectivity index (χ4v) is 3.74. The van der Waals surface area contributed by atoms with E-state index in [1.807, 2.05) is 0 Å². The molecule has 0 saturated heterocycles. The lowest BCUT2D eigenvalue weighted by Crippen LogP contribution is -2.19. The second-order valence-electron chi connectivity index (χ2n) is 6.08. The number of nitrogens with one attached hydrogen (secondary N) is 1. The number of imidazole rings is 1. The lowest BCUT2D eigenvalue weighted by Gasteiger charge is -2.04. The average Bonchev–Trinajstić information content (AvgIpc) is 3.23. The van der Waals surface area contributed by atoms with E-state index in [1.54, 1.807) is 60.4 Å². The molecule has 2 aromatic heterocycles. The van der Waals surface area contributed by atoms with Gasteiger partial charge in [-0.25, -0.2) is 14.2 Å². The van der Waals surface area contributed by atoms with Crippen molar-refractivity contribution >= 4 is 34.0 Å². The van der Waals surface area contributed by atoms with Crippen molar-refractivity contribution < 1.29 is 9.18 Å². The molecule has 27 heavy (non-hydrogen) atoms. The van der Waals surface area contributed by atoms with Crippen molar-refractivity contribution in [3.63, 3.8) is 0 Å². The maximum absolute atomic E-state index is 13.9. The van der Waals surface area contributed by atoms with Crippen LogP contribution in [0.2, 0.25) is 0 Å². The van der Waals surface area contributed by atoms with Crippen LogP contribution in [0, 0.1) is 5.82 Å². The third-order valence-corrected chi connectivity index (χ3v) is 5.25. The van der Waals surface area contributed by atoms with Crippen molar-refractivity contribution in [1.82, 2.24) is 14.1 Å². The summed E-state index contributed by atoms with van der Waals surface area (Å²) >= 11 is 1.21. The van der Waals surface area contributed by atoms with Gasteiger partial charge < -0.3 is 5.32 Å². The summed E-state index contributed by atoms with van der Waals surface area (Å²) in [6.07, 6.45) is 0. The molecular formula is C19H15FN4O2S. The average molecular weight is 382 g/mol. The van der Waals surface area contributed by atoms with Gasteiger partial charge >= 0.3 is 5.69 Å². The molecule has 0 radical (unpaired) electrons. The first-order chi connectivity index (χ1) is 13.0. The molecule has 0 unspecified atom stereocenters. The highest BCUT2D eigenvalue weighted by Gasteiger charge is 2.15. The van der Waals surface area contributed by atoms with Gasteiger partial charge in [-0.2, -0.15) is 0 Å².